The summed E-state index contributed by atoms with van der Waals surface area (Å²) in [4.78, 5) is 10.2. The van der Waals surface area contributed by atoms with Crippen molar-refractivity contribution in [1.82, 2.24) is 0 Å². The van der Waals surface area contributed by atoms with E-state index >= 15 is 0 Å². The Morgan fingerprint density at radius 3 is 1.47 bits per heavy atom. The first-order valence-electron chi connectivity index (χ1n) is 6.31. The Balaban J connectivity index is 3.01. The molecule has 1 heterocycles. The normalized spacial score (nSPS) is 39.3. The largest absolute Gasteiger partial charge is 0.341 e. The Morgan fingerprint density at radius 2 is 1.24 bits per heavy atom. The fraction of sp³-hybridized carbons (Fsp3) is 1.00. The van der Waals surface area contributed by atoms with E-state index in [4.69, 9.17) is 9.47 Å². The van der Waals surface area contributed by atoms with Crippen LogP contribution in [0.4, 0.5) is 0 Å². The topological polar surface area (TPSA) is 55.8 Å². The maximum atomic E-state index is 12.5. The zero-order chi connectivity index (χ0) is 13.4. The maximum absolute atomic E-state index is 12.5. The highest BCUT2D eigenvalue weighted by Crippen LogP contribution is 2.60. The van der Waals surface area contributed by atoms with Crippen LogP contribution in [0.1, 0.15) is 41.5 Å². The predicted molar refractivity (Wildman–Crippen MR) is 67.9 cm³/mol. The average molecular weight is 264 g/mol. The van der Waals surface area contributed by atoms with Crippen LogP contribution < -0.4 is 0 Å². The number of ether oxygens (including phenoxy) is 2. The zero-order valence-electron chi connectivity index (χ0n) is 11.6. The van der Waals surface area contributed by atoms with E-state index in [-0.39, 0.29) is 24.0 Å². The fourth-order valence-electron chi connectivity index (χ4n) is 2.11. The molecule has 1 aliphatic heterocycles. The molecular formula is C12H25O4P. The van der Waals surface area contributed by atoms with E-state index in [0.717, 1.165) is 0 Å². The molecule has 0 aromatic carbocycles. The molecule has 0 aromatic heterocycles. The van der Waals surface area contributed by atoms with Gasteiger partial charge in [0.05, 0.1) is 0 Å². The molecule has 0 spiro atoms. The van der Waals surface area contributed by atoms with Gasteiger partial charge in [-0.15, -0.1) is 0 Å². The predicted octanol–water partition coefficient (Wildman–Crippen LogP) is 3.25. The van der Waals surface area contributed by atoms with Gasteiger partial charge in [0.2, 0.25) is 0 Å². The average Bonchev–Trinajstić information content (AvgIpc) is 2.14. The van der Waals surface area contributed by atoms with Gasteiger partial charge in [0, 0.05) is 5.92 Å². The lowest BCUT2D eigenvalue weighted by Gasteiger charge is -2.43. The maximum Gasteiger partial charge on any atom is 0.257 e. The molecule has 102 valence electrons. The molecule has 0 bridgehead atoms. The summed E-state index contributed by atoms with van der Waals surface area (Å²) >= 11 is 0. The van der Waals surface area contributed by atoms with Crippen molar-refractivity contribution < 1.29 is 18.9 Å². The summed E-state index contributed by atoms with van der Waals surface area (Å²) in [5, 5.41) is 0. The molecule has 2 unspecified atom stereocenters. The molecule has 1 rings (SSSR count). The lowest BCUT2D eigenvalue weighted by Crippen LogP contribution is -2.44. The van der Waals surface area contributed by atoms with Gasteiger partial charge in [-0.05, 0) is 11.8 Å². The van der Waals surface area contributed by atoms with Crippen molar-refractivity contribution in [3.63, 3.8) is 0 Å². The van der Waals surface area contributed by atoms with Crippen molar-refractivity contribution in [2.45, 2.75) is 59.5 Å². The van der Waals surface area contributed by atoms with Crippen LogP contribution >= 0.6 is 7.37 Å². The van der Waals surface area contributed by atoms with E-state index in [0.29, 0.717) is 0 Å². The van der Waals surface area contributed by atoms with Crippen molar-refractivity contribution in [1.29, 1.82) is 0 Å². The summed E-state index contributed by atoms with van der Waals surface area (Å²) in [5.41, 5.74) is 0. The Labute approximate surface area is 104 Å². The van der Waals surface area contributed by atoms with E-state index in [1.54, 1.807) is 0 Å². The highest BCUT2D eigenvalue weighted by atomic mass is 31.2. The minimum absolute atomic E-state index is 0.0113. The van der Waals surface area contributed by atoms with Gasteiger partial charge in [-0.2, -0.15) is 0 Å². The molecule has 1 aliphatic rings. The fourth-order valence-corrected chi connectivity index (χ4v) is 4.70. The third kappa shape index (κ3) is 3.11. The van der Waals surface area contributed by atoms with Gasteiger partial charge in [0.15, 0.2) is 6.29 Å². The second-order valence-electron chi connectivity index (χ2n) is 5.83. The summed E-state index contributed by atoms with van der Waals surface area (Å²) in [6.45, 7) is 11.6. The molecule has 4 nitrogen and oxygen atoms in total. The van der Waals surface area contributed by atoms with Crippen LogP contribution in [0, 0.1) is 17.8 Å². The molecule has 0 amide bonds. The minimum Gasteiger partial charge on any atom is -0.341 e. The monoisotopic (exact) mass is 264 g/mol. The highest BCUT2D eigenvalue weighted by molar-refractivity contribution is 7.59. The van der Waals surface area contributed by atoms with Crippen LogP contribution in [-0.4, -0.2) is 22.9 Å². The summed E-state index contributed by atoms with van der Waals surface area (Å²) < 4.78 is 23.8. The highest BCUT2D eigenvalue weighted by Gasteiger charge is 2.50. The first kappa shape index (κ1) is 15.2. The zero-order valence-corrected chi connectivity index (χ0v) is 12.5. The minimum atomic E-state index is -3.44. The molecule has 5 heteroatoms. The van der Waals surface area contributed by atoms with Crippen LogP contribution in [0.3, 0.4) is 0 Å². The first-order valence-corrected chi connectivity index (χ1v) is 8.10. The van der Waals surface area contributed by atoms with Gasteiger partial charge in [0.25, 0.3) is 7.37 Å². The molecular weight excluding hydrogens is 239 g/mol. The third-order valence-electron chi connectivity index (χ3n) is 2.96. The van der Waals surface area contributed by atoms with E-state index in [1.807, 2.05) is 41.5 Å². The van der Waals surface area contributed by atoms with Gasteiger partial charge in [0.1, 0.15) is 11.7 Å². The quantitative estimate of drug-likeness (QED) is 0.795. The SMILES string of the molecule is CC(C)C1O[C@H](C(C)C)P(=O)(O)[C@H](C(C)C)O1. The van der Waals surface area contributed by atoms with Gasteiger partial charge in [-0.25, -0.2) is 0 Å². The second-order valence-corrected chi connectivity index (χ2v) is 8.19. The van der Waals surface area contributed by atoms with Gasteiger partial charge >= 0.3 is 0 Å². The van der Waals surface area contributed by atoms with Crippen LogP contribution in [0.5, 0.6) is 0 Å². The molecule has 0 aromatic rings. The van der Waals surface area contributed by atoms with Crippen LogP contribution in [0.25, 0.3) is 0 Å². The van der Waals surface area contributed by atoms with E-state index in [9.17, 15) is 9.46 Å². The molecule has 4 atom stereocenters. The van der Waals surface area contributed by atoms with Crippen molar-refractivity contribution in [2.75, 3.05) is 0 Å². The van der Waals surface area contributed by atoms with Crippen LogP contribution in [0.15, 0.2) is 0 Å². The molecule has 1 N–H and O–H groups in total. The van der Waals surface area contributed by atoms with Crippen molar-refractivity contribution in [3.05, 3.63) is 0 Å². The standard InChI is InChI=1S/C12H25O4P/c1-7(2)10-15-11(8(3)4)17(13,14)12(16-10)9(5)6/h7-12H,1-6H3,(H,13,14)/t10?,11-,12+. The van der Waals surface area contributed by atoms with E-state index in [1.165, 1.54) is 0 Å². The van der Waals surface area contributed by atoms with Crippen molar-refractivity contribution >= 4 is 7.37 Å². The van der Waals surface area contributed by atoms with E-state index in [2.05, 4.69) is 0 Å². The smallest absolute Gasteiger partial charge is 0.257 e. The lowest BCUT2D eigenvalue weighted by atomic mass is 10.2. The first-order chi connectivity index (χ1) is 7.67. The summed E-state index contributed by atoms with van der Waals surface area (Å²) in [5.74, 6) is -1.03. The third-order valence-corrected chi connectivity index (χ3v) is 5.86. The second kappa shape index (κ2) is 5.40. The molecule has 1 fully saturated rings. The summed E-state index contributed by atoms with van der Waals surface area (Å²) in [6, 6.07) is 0. The number of rotatable bonds is 3. The number of hydrogen-bond donors (Lipinski definition) is 1. The lowest BCUT2D eigenvalue weighted by molar-refractivity contribution is -0.219. The number of hydrogen-bond acceptors (Lipinski definition) is 3. The van der Waals surface area contributed by atoms with Crippen LogP contribution in [-0.2, 0) is 14.0 Å². The summed E-state index contributed by atoms with van der Waals surface area (Å²) in [6.07, 6.45) is -0.385. The molecule has 17 heavy (non-hydrogen) atoms. The van der Waals surface area contributed by atoms with Gasteiger partial charge < -0.3 is 14.4 Å². The van der Waals surface area contributed by atoms with Gasteiger partial charge in [-0.3, -0.25) is 4.57 Å². The summed E-state index contributed by atoms with van der Waals surface area (Å²) in [7, 11) is -3.44. The Hall–Kier alpha value is 0.110. The molecule has 0 saturated carbocycles. The molecule has 0 aliphatic carbocycles. The molecule has 0 radical (unpaired) electrons. The Morgan fingerprint density at radius 1 is 0.882 bits per heavy atom. The Bertz CT molecular complexity index is 279. The van der Waals surface area contributed by atoms with Gasteiger partial charge in [-0.1, -0.05) is 41.5 Å². The molecule has 1 saturated heterocycles. The van der Waals surface area contributed by atoms with Crippen molar-refractivity contribution in [2.24, 2.45) is 17.8 Å². The van der Waals surface area contributed by atoms with E-state index < -0.39 is 19.1 Å². The van der Waals surface area contributed by atoms with Crippen LogP contribution in [0.2, 0.25) is 0 Å². The van der Waals surface area contributed by atoms with Crippen molar-refractivity contribution in [3.8, 4) is 0 Å². The Kier molecular flexibility index (Phi) is 4.81.